The Kier molecular flexibility index (Phi) is 5.92. The van der Waals surface area contributed by atoms with Gasteiger partial charge >= 0.3 is 16.6 Å². The number of carbonyl (C=O) groups is 1. The van der Waals surface area contributed by atoms with Crippen molar-refractivity contribution in [2.45, 2.75) is 58.1 Å². The minimum Gasteiger partial charge on any atom is -0.444 e. The van der Waals surface area contributed by atoms with E-state index in [-0.39, 0.29) is 17.9 Å². The molecule has 1 aromatic carbocycles. The van der Waals surface area contributed by atoms with E-state index in [2.05, 4.69) is 4.18 Å². The Morgan fingerprint density at radius 1 is 1.24 bits per heavy atom. The number of rotatable bonds is 4. The van der Waals surface area contributed by atoms with Crippen molar-refractivity contribution in [3.63, 3.8) is 0 Å². The zero-order valence-electron chi connectivity index (χ0n) is 14.7. The van der Waals surface area contributed by atoms with Crippen molar-refractivity contribution in [3.05, 3.63) is 29.8 Å². The van der Waals surface area contributed by atoms with Gasteiger partial charge in [0, 0.05) is 12.6 Å². The summed E-state index contributed by atoms with van der Waals surface area (Å²) in [6.45, 7) is 6.16. The summed E-state index contributed by atoms with van der Waals surface area (Å²) in [4.78, 5) is 14.2. The summed E-state index contributed by atoms with van der Waals surface area (Å²) in [5, 5.41) is 0. The molecule has 1 fully saturated rings. The molecule has 0 N–H and O–H groups in total. The Bertz CT molecular complexity index is 697. The van der Waals surface area contributed by atoms with E-state index >= 15 is 0 Å². The third-order valence-electron chi connectivity index (χ3n) is 3.85. The highest BCUT2D eigenvalue weighted by Gasteiger charge is 2.30. The van der Waals surface area contributed by atoms with Gasteiger partial charge in [-0.2, -0.15) is 8.42 Å². The second-order valence-electron chi connectivity index (χ2n) is 7.15. The fourth-order valence-corrected chi connectivity index (χ4v) is 3.18. The summed E-state index contributed by atoms with van der Waals surface area (Å²) in [5.74, 6) is -0.0844. The van der Waals surface area contributed by atoms with Gasteiger partial charge in [-0.3, -0.25) is 0 Å². The van der Waals surface area contributed by atoms with Crippen LogP contribution in [0.4, 0.5) is 8.68 Å². The monoisotopic (exact) mass is 373 g/mol. The van der Waals surface area contributed by atoms with Crippen molar-refractivity contribution in [1.82, 2.24) is 4.90 Å². The number of ether oxygens (including phenoxy) is 1. The molecule has 1 heterocycles. The summed E-state index contributed by atoms with van der Waals surface area (Å²) in [6.07, 6.45) is 3.14. The SMILES string of the molecule is CC(C)(C)OC(=O)N1CCCCC1Cc1ccc(OS(=O)(=O)F)cc1. The first-order valence-electron chi connectivity index (χ1n) is 8.26. The van der Waals surface area contributed by atoms with Crippen LogP contribution >= 0.6 is 0 Å². The quantitative estimate of drug-likeness (QED) is 0.754. The number of likely N-dealkylation sites (tertiary alicyclic amines) is 1. The third-order valence-corrected chi connectivity index (χ3v) is 4.24. The highest BCUT2D eigenvalue weighted by molar-refractivity contribution is 7.81. The Morgan fingerprint density at radius 3 is 2.44 bits per heavy atom. The summed E-state index contributed by atoms with van der Waals surface area (Å²) in [5.41, 5.74) is 0.361. The van der Waals surface area contributed by atoms with E-state index in [9.17, 15) is 17.1 Å². The minimum atomic E-state index is -5.02. The van der Waals surface area contributed by atoms with E-state index in [0.717, 1.165) is 24.8 Å². The number of amides is 1. The molecule has 1 aliphatic rings. The molecule has 0 saturated carbocycles. The van der Waals surface area contributed by atoms with Crippen LogP contribution in [0.1, 0.15) is 45.6 Å². The normalized spacial score (nSPS) is 18.7. The lowest BCUT2D eigenvalue weighted by Crippen LogP contribution is -2.47. The number of hydrogen-bond donors (Lipinski definition) is 0. The summed E-state index contributed by atoms with van der Waals surface area (Å²) >= 11 is 0. The second-order valence-corrected chi connectivity index (χ2v) is 8.10. The van der Waals surface area contributed by atoms with Gasteiger partial charge in [0.25, 0.3) is 0 Å². The largest absolute Gasteiger partial charge is 0.488 e. The fraction of sp³-hybridized carbons (Fsp3) is 0.588. The number of halogens is 1. The molecule has 1 amide bonds. The Balaban J connectivity index is 2.04. The topological polar surface area (TPSA) is 72.9 Å². The number of nitrogens with zero attached hydrogens (tertiary/aromatic N) is 1. The average Bonchev–Trinajstić information content (AvgIpc) is 2.46. The molecule has 1 atom stereocenters. The van der Waals surface area contributed by atoms with Crippen LogP contribution in [0.3, 0.4) is 0 Å². The molecular weight excluding hydrogens is 349 g/mol. The molecule has 1 aliphatic heterocycles. The van der Waals surface area contributed by atoms with Gasteiger partial charge < -0.3 is 13.8 Å². The lowest BCUT2D eigenvalue weighted by Gasteiger charge is -2.37. The van der Waals surface area contributed by atoms with Crippen molar-refractivity contribution >= 4 is 16.6 Å². The highest BCUT2D eigenvalue weighted by atomic mass is 32.3. The average molecular weight is 373 g/mol. The predicted octanol–water partition coefficient (Wildman–Crippen LogP) is 3.61. The zero-order chi connectivity index (χ0) is 18.7. The lowest BCUT2D eigenvalue weighted by atomic mass is 9.96. The van der Waals surface area contributed by atoms with E-state index < -0.39 is 16.1 Å². The molecule has 1 aromatic rings. The van der Waals surface area contributed by atoms with Crippen LogP contribution in [0.5, 0.6) is 5.75 Å². The first-order valence-corrected chi connectivity index (χ1v) is 9.57. The van der Waals surface area contributed by atoms with Crippen molar-refractivity contribution in [2.24, 2.45) is 0 Å². The standard InChI is InChI=1S/C17H24FNO5S/c1-17(2,3)23-16(20)19-11-5-4-6-14(19)12-13-7-9-15(10-8-13)24-25(18,21)22/h7-10,14H,4-6,11-12H2,1-3H3. The van der Waals surface area contributed by atoms with Crippen LogP contribution in [0.25, 0.3) is 0 Å². The molecule has 8 heteroatoms. The fourth-order valence-electron chi connectivity index (χ4n) is 2.84. The maximum absolute atomic E-state index is 12.5. The summed E-state index contributed by atoms with van der Waals surface area (Å²) in [6, 6.07) is 6.14. The van der Waals surface area contributed by atoms with Gasteiger partial charge in [-0.15, -0.1) is 0 Å². The molecular formula is C17H24FNO5S. The summed E-state index contributed by atoms with van der Waals surface area (Å²) < 4.78 is 43.1. The molecule has 140 valence electrons. The molecule has 0 aliphatic carbocycles. The Morgan fingerprint density at radius 2 is 1.88 bits per heavy atom. The van der Waals surface area contributed by atoms with Gasteiger partial charge in [-0.1, -0.05) is 16.0 Å². The van der Waals surface area contributed by atoms with Crippen molar-refractivity contribution in [2.75, 3.05) is 6.54 Å². The van der Waals surface area contributed by atoms with Crippen LogP contribution < -0.4 is 4.18 Å². The van der Waals surface area contributed by atoms with Crippen LogP contribution in [-0.4, -0.2) is 37.6 Å². The zero-order valence-corrected chi connectivity index (χ0v) is 15.5. The van der Waals surface area contributed by atoms with Gasteiger partial charge in [0.05, 0.1) is 0 Å². The van der Waals surface area contributed by atoms with Crippen molar-refractivity contribution < 1.29 is 26.0 Å². The van der Waals surface area contributed by atoms with E-state index in [4.69, 9.17) is 4.74 Å². The molecule has 2 rings (SSSR count). The van der Waals surface area contributed by atoms with Gasteiger partial charge in [0.1, 0.15) is 11.4 Å². The van der Waals surface area contributed by atoms with Crippen molar-refractivity contribution in [3.8, 4) is 5.75 Å². The first-order chi connectivity index (χ1) is 11.5. The lowest BCUT2D eigenvalue weighted by molar-refractivity contribution is 0.00994. The first kappa shape index (κ1) is 19.5. The predicted molar refractivity (Wildman–Crippen MR) is 91.4 cm³/mol. The molecule has 0 bridgehead atoms. The maximum atomic E-state index is 12.5. The van der Waals surface area contributed by atoms with Gasteiger partial charge in [-0.05, 0) is 64.2 Å². The van der Waals surface area contributed by atoms with Crippen LogP contribution in [0.15, 0.2) is 24.3 Å². The number of hydrogen-bond acceptors (Lipinski definition) is 5. The van der Waals surface area contributed by atoms with Gasteiger partial charge in [-0.25, -0.2) is 4.79 Å². The number of benzene rings is 1. The summed E-state index contributed by atoms with van der Waals surface area (Å²) in [7, 11) is -5.02. The molecule has 1 saturated heterocycles. The van der Waals surface area contributed by atoms with Crippen molar-refractivity contribution in [1.29, 1.82) is 0 Å². The number of carbonyl (C=O) groups excluding carboxylic acids is 1. The Labute approximate surface area is 148 Å². The molecule has 0 spiro atoms. The molecule has 6 nitrogen and oxygen atoms in total. The number of piperidine rings is 1. The maximum Gasteiger partial charge on any atom is 0.488 e. The van der Waals surface area contributed by atoms with Crippen LogP contribution in [0, 0.1) is 0 Å². The third kappa shape index (κ3) is 6.53. The van der Waals surface area contributed by atoms with E-state index in [1.807, 2.05) is 20.8 Å². The molecule has 25 heavy (non-hydrogen) atoms. The van der Waals surface area contributed by atoms with Crippen LogP contribution in [-0.2, 0) is 21.7 Å². The molecule has 1 unspecified atom stereocenters. The van der Waals surface area contributed by atoms with Gasteiger partial charge in [0.2, 0.25) is 0 Å². The smallest absolute Gasteiger partial charge is 0.444 e. The minimum absolute atomic E-state index is 0.0141. The van der Waals surface area contributed by atoms with Gasteiger partial charge in [0.15, 0.2) is 0 Å². The Hall–Kier alpha value is -1.83. The highest BCUT2D eigenvalue weighted by Crippen LogP contribution is 2.24. The second kappa shape index (κ2) is 7.59. The van der Waals surface area contributed by atoms with E-state index in [1.54, 1.807) is 17.0 Å². The molecule has 0 radical (unpaired) electrons. The van der Waals surface area contributed by atoms with E-state index in [1.165, 1.54) is 12.1 Å². The van der Waals surface area contributed by atoms with E-state index in [0.29, 0.717) is 13.0 Å². The molecule has 0 aromatic heterocycles. The van der Waals surface area contributed by atoms with Crippen LogP contribution in [0.2, 0.25) is 0 Å².